The number of anilines is 1. The molecule has 1 aliphatic rings. The minimum atomic E-state index is -2.58. The number of halogens is 2. The van der Waals surface area contributed by atoms with Crippen LogP contribution >= 0.6 is 0 Å². The molecule has 2 rings (SSSR count). The van der Waals surface area contributed by atoms with Crippen LogP contribution in [0.15, 0.2) is 6.07 Å². The van der Waals surface area contributed by atoms with Gasteiger partial charge in [0.15, 0.2) is 0 Å². The molecule has 0 N–H and O–H groups in total. The SMILES string of the molecule is Cc1cc(C)c(C#N)c(N2CCC(F)(F)CC2)n1. The van der Waals surface area contributed by atoms with E-state index in [0.29, 0.717) is 11.4 Å². The maximum atomic E-state index is 13.1. The van der Waals surface area contributed by atoms with Gasteiger partial charge in [-0.3, -0.25) is 0 Å². The van der Waals surface area contributed by atoms with Crippen molar-refractivity contribution in [2.24, 2.45) is 0 Å². The first-order valence-electron chi connectivity index (χ1n) is 5.94. The zero-order valence-electron chi connectivity index (χ0n) is 10.5. The Morgan fingerprint density at radius 3 is 2.50 bits per heavy atom. The maximum absolute atomic E-state index is 13.1. The van der Waals surface area contributed by atoms with E-state index in [9.17, 15) is 8.78 Å². The van der Waals surface area contributed by atoms with Crippen LogP contribution < -0.4 is 4.90 Å². The lowest BCUT2D eigenvalue weighted by Crippen LogP contribution is -2.40. The molecule has 96 valence electrons. The largest absolute Gasteiger partial charge is 0.355 e. The lowest BCUT2D eigenvalue weighted by Gasteiger charge is -2.33. The van der Waals surface area contributed by atoms with Crippen LogP contribution in [0.25, 0.3) is 0 Å². The van der Waals surface area contributed by atoms with Gasteiger partial charge in [-0.1, -0.05) is 0 Å². The van der Waals surface area contributed by atoms with Crippen LogP contribution in [0, 0.1) is 25.2 Å². The predicted octanol–water partition coefficient (Wildman–Crippen LogP) is 2.81. The van der Waals surface area contributed by atoms with Crippen molar-refractivity contribution in [2.75, 3.05) is 18.0 Å². The summed E-state index contributed by atoms with van der Waals surface area (Å²) in [5.41, 5.74) is 2.14. The van der Waals surface area contributed by atoms with Crippen LogP contribution in [0.3, 0.4) is 0 Å². The molecular weight excluding hydrogens is 236 g/mol. The van der Waals surface area contributed by atoms with Gasteiger partial charge in [-0.2, -0.15) is 5.26 Å². The zero-order chi connectivity index (χ0) is 13.3. The molecule has 1 aromatic rings. The highest BCUT2D eigenvalue weighted by atomic mass is 19.3. The van der Waals surface area contributed by atoms with Crippen molar-refractivity contribution in [1.82, 2.24) is 4.98 Å². The number of aryl methyl sites for hydroxylation is 2. The Balaban J connectivity index is 2.32. The van der Waals surface area contributed by atoms with Crippen molar-refractivity contribution in [3.05, 3.63) is 22.9 Å². The van der Waals surface area contributed by atoms with E-state index in [1.54, 1.807) is 4.90 Å². The Morgan fingerprint density at radius 1 is 1.33 bits per heavy atom. The third-order valence-corrected chi connectivity index (χ3v) is 3.23. The summed E-state index contributed by atoms with van der Waals surface area (Å²) in [5, 5.41) is 9.16. The number of alkyl halides is 2. The van der Waals surface area contributed by atoms with Gasteiger partial charge in [0, 0.05) is 31.6 Å². The minimum absolute atomic E-state index is 0.174. The molecule has 1 fully saturated rings. The van der Waals surface area contributed by atoms with E-state index < -0.39 is 5.92 Å². The Bertz CT molecular complexity index is 496. The second kappa shape index (κ2) is 4.52. The molecule has 5 heteroatoms. The first kappa shape index (κ1) is 12.7. The summed E-state index contributed by atoms with van der Waals surface area (Å²) < 4.78 is 26.2. The number of pyridine rings is 1. The summed E-state index contributed by atoms with van der Waals surface area (Å²) in [6.07, 6.45) is -0.348. The van der Waals surface area contributed by atoms with Gasteiger partial charge >= 0.3 is 0 Å². The number of hydrogen-bond acceptors (Lipinski definition) is 3. The molecular formula is C13H15F2N3. The van der Waals surface area contributed by atoms with E-state index in [2.05, 4.69) is 11.1 Å². The van der Waals surface area contributed by atoms with Crippen LogP contribution in [-0.4, -0.2) is 24.0 Å². The quantitative estimate of drug-likeness (QED) is 0.770. The van der Waals surface area contributed by atoms with Crippen LogP contribution in [0.2, 0.25) is 0 Å². The van der Waals surface area contributed by atoms with Gasteiger partial charge in [0.25, 0.3) is 5.92 Å². The third-order valence-electron chi connectivity index (χ3n) is 3.23. The summed E-state index contributed by atoms with van der Waals surface area (Å²) in [7, 11) is 0. The molecule has 1 aromatic heterocycles. The predicted molar refractivity (Wildman–Crippen MR) is 64.8 cm³/mol. The number of hydrogen-bond donors (Lipinski definition) is 0. The molecule has 0 aromatic carbocycles. The van der Waals surface area contributed by atoms with Crippen molar-refractivity contribution in [3.63, 3.8) is 0 Å². The monoisotopic (exact) mass is 251 g/mol. The zero-order valence-corrected chi connectivity index (χ0v) is 10.5. The smallest absolute Gasteiger partial charge is 0.251 e. The Hall–Kier alpha value is -1.70. The average Bonchev–Trinajstić information content (AvgIpc) is 2.28. The molecule has 18 heavy (non-hydrogen) atoms. The molecule has 0 saturated carbocycles. The highest BCUT2D eigenvalue weighted by Crippen LogP contribution is 2.31. The topological polar surface area (TPSA) is 39.9 Å². The van der Waals surface area contributed by atoms with Crippen molar-refractivity contribution in [3.8, 4) is 6.07 Å². The molecule has 0 bridgehead atoms. The molecule has 0 spiro atoms. The van der Waals surface area contributed by atoms with E-state index in [1.165, 1.54) is 0 Å². The van der Waals surface area contributed by atoms with Crippen LogP contribution in [-0.2, 0) is 0 Å². The summed E-state index contributed by atoms with van der Waals surface area (Å²) >= 11 is 0. The highest BCUT2D eigenvalue weighted by molar-refractivity contribution is 5.58. The van der Waals surface area contributed by atoms with E-state index in [1.807, 2.05) is 19.9 Å². The normalized spacial score (nSPS) is 18.5. The standard InChI is InChI=1S/C13H15F2N3/c1-9-7-10(2)17-12(11(9)8-16)18-5-3-13(14,15)4-6-18/h7H,3-6H2,1-2H3. The lowest BCUT2D eigenvalue weighted by atomic mass is 10.0. The number of rotatable bonds is 1. The average molecular weight is 251 g/mol. The number of nitrogens with zero attached hydrogens (tertiary/aromatic N) is 3. The summed E-state index contributed by atoms with van der Waals surface area (Å²) in [6.45, 7) is 4.18. The van der Waals surface area contributed by atoms with Crippen LogP contribution in [0.5, 0.6) is 0 Å². The first-order chi connectivity index (χ1) is 8.43. The number of piperidine rings is 1. The van der Waals surface area contributed by atoms with Crippen LogP contribution in [0.1, 0.15) is 29.7 Å². The van der Waals surface area contributed by atoms with Gasteiger partial charge < -0.3 is 4.90 Å². The molecule has 1 aliphatic heterocycles. The maximum Gasteiger partial charge on any atom is 0.251 e. The first-order valence-corrected chi connectivity index (χ1v) is 5.94. The Kier molecular flexibility index (Phi) is 3.20. The second-order valence-corrected chi connectivity index (χ2v) is 4.73. The fourth-order valence-corrected chi connectivity index (χ4v) is 2.23. The van der Waals surface area contributed by atoms with E-state index in [-0.39, 0.29) is 25.9 Å². The third kappa shape index (κ3) is 2.42. The number of aromatic nitrogens is 1. The fraction of sp³-hybridized carbons (Fsp3) is 0.538. The van der Waals surface area contributed by atoms with Gasteiger partial charge in [0.05, 0.1) is 5.56 Å². The molecule has 0 unspecified atom stereocenters. The lowest BCUT2D eigenvalue weighted by molar-refractivity contribution is -0.0221. The van der Waals surface area contributed by atoms with E-state index >= 15 is 0 Å². The van der Waals surface area contributed by atoms with Gasteiger partial charge in [-0.25, -0.2) is 13.8 Å². The van der Waals surface area contributed by atoms with E-state index in [0.717, 1.165) is 11.3 Å². The van der Waals surface area contributed by atoms with Crippen molar-refractivity contribution in [2.45, 2.75) is 32.6 Å². The van der Waals surface area contributed by atoms with E-state index in [4.69, 9.17) is 5.26 Å². The summed E-state index contributed by atoms with van der Waals surface area (Å²) in [6, 6.07) is 3.95. The summed E-state index contributed by atoms with van der Waals surface area (Å²) in [5.74, 6) is -2.03. The molecule has 0 amide bonds. The molecule has 0 atom stereocenters. The van der Waals surface area contributed by atoms with Gasteiger partial charge in [0.1, 0.15) is 11.9 Å². The molecule has 0 radical (unpaired) electrons. The Labute approximate surface area is 105 Å². The molecule has 1 saturated heterocycles. The van der Waals surface area contributed by atoms with Crippen molar-refractivity contribution >= 4 is 5.82 Å². The second-order valence-electron chi connectivity index (χ2n) is 4.73. The Morgan fingerprint density at radius 2 is 1.94 bits per heavy atom. The summed E-state index contributed by atoms with van der Waals surface area (Å²) in [4.78, 5) is 6.12. The molecule has 3 nitrogen and oxygen atoms in total. The van der Waals surface area contributed by atoms with Gasteiger partial charge in [-0.15, -0.1) is 0 Å². The minimum Gasteiger partial charge on any atom is -0.355 e. The van der Waals surface area contributed by atoms with Crippen LogP contribution in [0.4, 0.5) is 14.6 Å². The van der Waals surface area contributed by atoms with Gasteiger partial charge in [0.2, 0.25) is 0 Å². The van der Waals surface area contributed by atoms with Crippen molar-refractivity contribution < 1.29 is 8.78 Å². The molecule has 0 aliphatic carbocycles. The number of nitriles is 1. The highest BCUT2D eigenvalue weighted by Gasteiger charge is 2.35. The fourth-order valence-electron chi connectivity index (χ4n) is 2.23. The van der Waals surface area contributed by atoms with Crippen molar-refractivity contribution in [1.29, 1.82) is 5.26 Å². The molecule has 2 heterocycles. The van der Waals surface area contributed by atoms with Gasteiger partial charge in [-0.05, 0) is 25.5 Å².